The van der Waals surface area contributed by atoms with Crippen LogP contribution in [0.25, 0.3) is 0 Å². The first-order valence-corrected chi connectivity index (χ1v) is 4.46. The summed E-state index contributed by atoms with van der Waals surface area (Å²) in [5.74, 6) is 0.00630. The third-order valence-electron chi connectivity index (χ3n) is 1.94. The van der Waals surface area contributed by atoms with E-state index in [2.05, 4.69) is 17.2 Å². The first-order valence-electron chi connectivity index (χ1n) is 4.46. The number of carbonyl (C=O) groups is 1. The molecule has 0 spiro atoms. The molecule has 0 radical (unpaired) electrons. The summed E-state index contributed by atoms with van der Waals surface area (Å²) in [5.41, 5.74) is 0. The van der Waals surface area contributed by atoms with E-state index in [4.69, 9.17) is 4.74 Å². The zero-order valence-corrected chi connectivity index (χ0v) is 7.88. The maximum Gasteiger partial charge on any atom is 0.237 e. The molecule has 4 heteroatoms. The lowest BCUT2D eigenvalue weighted by atomic mass is 10.2. The van der Waals surface area contributed by atoms with Crippen LogP contribution in [0.5, 0.6) is 0 Å². The smallest absolute Gasteiger partial charge is 0.237 e. The van der Waals surface area contributed by atoms with E-state index < -0.39 is 0 Å². The van der Waals surface area contributed by atoms with Gasteiger partial charge in [-0.2, -0.15) is 0 Å². The minimum Gasteiger partial charge on any atom is -0.378 e. The van der Waals surface area contributed by atoms with Gasteiger partial charge in [-0.05, 0) is 6.92 Å². The zero-order valence-electron chi connectivity index (χ0n) is 7.88. The van der Waals surface area contributed by atoms with Gasteiger partial charge in [-0.25, -0.2) is 0 Å². The fourth-order valence-corrected chi connectivity index (χ4v) is 1.09. The van der Waals surface area contributed by atoms with Crippen LogP contribution in [0.4, 0.5) is 0 Å². The Bertz CT molecular complexity index is 190. The second kappa shape index (κ2) is 4.99. The summed E-state index contributed by atoms with van der Waals surface area (Å²) in [4.78, 5) is 11.3. The summed E-state index contributed by atoms with van der Waals surface area (Å²) in [6.07, 6.45) is 1.66. The molecule has 0 aliphatic carbocycles. The van der Waals surface area contributed by atoms with Crippen molar-refractivity contribution in [1.82, 2.24) is 10.6 Å². The van der Waals surface area contributed by atoms with E-state index in [-0.39, 0.29) is 11.9 Å². The van der Waals surface area contributed by atoms with E-state index in [1.807, 2.05) is 6.92 Å². The molecule has 2 N–H and O–H groups in total. The summed E-state index contributed by atoms with van der Waals surface area (Å²) in [5, 5.41) is 5.88. The lowest BCUT2D eigenvalue weighted by Gasteiger charge is -2.29. The maximum absolute atomic E-state index is 11.3. The molecule has 1 fully saturated rings. The topological polar surface area (TPSA) is 50.4 Å². The Labute approximate surface area is 78.3 Å². The number of amides is 1. The zero-order chi connectivity index (χ0) is 9.68. The molecule has 74 valence electrons. The van der Waals surface area contributed by atoms with Gasteiger partial charge in [0.1, 0.15) is 0 Å². The summed E-state index contributed by atoms with van der Waals surface area (Å²) < 4.78 is 4.99. The Morgan fingerprint density at radius 1 is 1.77 bits per heavy atom. The second-order valence-electron chi connectivity index (χ2n) is 3.16. The van der Waals surface area contributed by atoms with Gasteiger partial charge >= 0.3 is 0 Å². The average molecular weight is 184 g/mol. The van der Waals surface area contributed by atoms with Crippen LogP contribution >= 0.6 is 0 Å². The van der Waals surface area contributed by atoms with Crippen LogP contribution in [-0.4, -0.2) is 37.7 Å². The minimum absolute atomic E-state index is 0.00630. The second-order valence-corrected chi connectivity index (χ2v) is 3.16. The van der Waals surface area contributed by atoms with Crippen molar-refractivity contribution in [2.24, 2.45) is 0 Å². The molecule has 1 saturated heterocycles. The third-order valence-corrected chi connectivity index (χ3v) is 1.94. The summed E-state index contributed by atoms with van der Waals surface area (Å²) in [6.45, 7) is 7.30. The van der Waals surface area contributed by atoms with Crippen LogP contribution in [0.1, 0.15) is 6.92 Å². The number of carbonyl (C=O) groups excluding carboxylic acids is 1. The Morgan fingerprint density at radius 2 is 2.46 bits per heavy atom. The predicted octanol–water partition coefficient (Wildman–Crippen LogP) is -0.335. The van der Waals surface area contributed by atoms with Crippen molar-refractivity contribution < 1.29 is 9.53 Å². The summed E-state index contributed by atoms with van der Waals surface area (Å²) in [6, 6.07) is 0.179. The van der Waals surface area contributed by atoms with E-state index in [9.17, 15) is 4.79 Å². The number of hydrogen-bond donors (Lipinski definition) is 2. The van der Waals surface area contributed by atoms with Crippen LogP contribution < -0.4 is 10.6 Å². The highest BCUT2D eigenvalue weighted by molar-refractivity contribution is 5.81. The van der Waals surface area contributed by atoms with Crippen molar-refractivity contribution >= 4 is 5.91 Å². The van der Waals surface area contributed by atoms with Crippen LogP contribution in [0.2, 0.25) is 0 Å². The van der Waals surface area contributed by atoms with Gasteiger partial charge in [0.15, 0.2) is 0 Å². The molecule has 13 heavy (non-hydrogen) atoms. The lowest BCUT2D eigenvalue weighted by molar-refractivity contribution is -0.123. The van der Waals surface area contributed by atoms with E-state index >= 15 is 0 Å². The van der Waals surface area contributed by atoms with E-state index in [1.54, 1.807) is 6.08 Å². The highest BCUT2D eigenvalue weighted by atomic mass is 16.5. The van der Waals surface area contributed by atoms with Crippen molar-refractivity contribution in [2.45, 2.75) is 19.0 Å². The number of ether oxygens (including phenoxy) is 1. The Hall–Kier alpha value is -0.870. The van der Waals surface area contributed by atoms with Crippen molar-refractivity contribution in [3.05, 3.63) is 12.7 Å². The summed E-state index contributed by atoms with van der Waals surface area (Å²) in [7, 11) is 0. The van der Waals surface area contributed by atoms with E-state index in [0.29, 0.717) is 25.8 Å². The molecular formula is C9H16N2O2. The van der Waals surface area contributed by atoms with Gasteiger partial charge in [-0.1, -0.05) is 6.08 Å². The maximum atomic E-state index is 11.3. The molecule has 1 rings (SSSR count). The third kappa shape index (κ3) is 3.16. The molecule has 1 aliphatic heterocycles. The molecule has 0 bridgehead atoms. The van der Waals surface area contributed by atoms with E-state index in [0.717, 1.165) is 0 Å². The van der Waals surface area contributed by atoms with Gasteiger partial charge in [-0.3, -0.25) is 10.1 Å². The normalized spacial score (nSPS) is 18.8. The van der Waals surface area contributed by atoms with Gasteiger partial charge in [0.05, 0.1) is 25.3 Å². The molecule has 0 saturated carbocycles. The van der Waals surface area contributed by atoms with Crippen LogP contribution in [0, 0.1) is 0 Å². The number of nitrogens with one attached hydrogen (secondary N) is 2. The van der Waals surface area contributed by atoms with Crippen LogP contribution in [-0.2, 0) is 9.53 Å². The van der Waals surface area contributed by atoms with Gasteiger partial charge in [0, 0.05) is 6.54 Å². The largest absolute Gasteiger partial charge is 0.378 e. The SMILES string of the molecule is C=CCNC(=O)C(C)NC1COC1. The average Bonchev–Trinajstić information content (AvgIpc) is 2.06. The number of rotatable bonds is 5. The summed E-state index contributed by atoms with van der Waals surface area (Å²) >= 11 is 0. The van der Waals surface area contributed by atoms with Gasteiger partial charge in [0.25, 0.3) is 0 Å². The van der Waals surface area contributed by atoms with Crippen molar-refractivity contribution in [2.75, 3.05) is 19.8 Å². The number of hydrogen-bond acceptors (Lipinski definition) is 3. The fourth-order valence-electron chi connectivity index (χ4n) is 1.09. The first kappa shape index (κ1) is 10.2. The molecule has 1 amide bonds. The van der Waals surface area contributed by atoms with Gasteiger partial charge in [-0.15, -0.1) is 6.58 Å². The molecule has 0 aromatic rings. The molecule has 1 unspecified atom stereocenters. The standard InChI is InChI=1S/C9H16N2O2/c1-3-4-10-9(12)7(2)11-8-5-13-6-8/h3,7-8,11H,1,4-6H2,2H3,(H,10,12). The Balaban J connectivity index is 2.16. The van der Waals surface area contributed by atoms with Gasteiger partial charge < -0.3 is 10.1 Å². The highest BCUT2D eigenvalue weighted by Crippen LogP contribution is 2.00. The molecule has 0 aromatic carbocycles. The van der Waals surface area contributed by atoms with Crippen molar-refractivity contribution in [3.8, 4) is 0 Å². The van der Waals surface area contributed by atoms with Gasteiger partial charge in [0.2, 0.25) is 5.91 Å². The molecule has 1 heterocycles. The molecule has 1 aliphatic rings. The van der Waals surface area contributed by atoms with Crippen LogP contribution in [0.15, 0.2) is 12.7 Å². The lowest BCUT2D eigenvalue weighted by Crippen LogP contribution is -2.54. The molecule has 0 aromatic heterocycles. The van der Waals surface area contributed by atoms with E-state index in [1.165, 1.54) is 0 Å². The predicted molar refractivity (Wildman–Crippen MR) is 50.4 cm³/mol. The van der Waals surface area contributed by atoms with Crippen molar-refractivity contribution in [3.63, 3.8) is 0 Å². The highest BCUT2D eigenvalue weighted by Gasteiger charge is 2.22. The fraction of sp³-hybridized carbons (Fsp3) is 0.667. The minimum atomic E-state index is -0.158. The van der Waals surface area contributed by atoms with Crippen LogP contribution in [0.3, 0.4) is 0 Å². The van der Waals surface area contributed by atoms with Crippen molar-refractivity contribution in [1.29, 1.82) is 0 Å². The first-order chi connectivity index (χ1) is 6.24. The quantitative estimate of drug-likeness (QED) is 0.575. The molecule has 1 atom stereocenters. The monoisotopic (exact) mass is 184 g/mol. The Kier molecular flexibility index (Phi) is 3.92. The molecule has 4 nitrogen and oxygen atoms in total. The Morgan fingerprint density at radius 3 is 2.92 bits per heavy atom. The molecular weight excluding hydrogens is 168 g/mol.